The summed E-state index contributed by atoms with van der Waals surface area (Å²) >= 11 is 0. The fraction of sp³-hybridized carbons (Fsp3) is 0.316. The molecular formula is C19H22N2O2. The molecule has 2 aromatic rings. The Morgan fingerprint density at radius 1 is 1.00 bits per heavy atom. The van der Waals surface area contributed by atoms with Gasteiger partial charge in [0.05, 0.1) is 11.8 Å². The monoisotopic (exact) mass is 310 g/mol. The lowest BCUT2D eigenvalue weighted by Gasteiger charge is -2.17. The topological polar surface area (TPSA) is 50.4 Å². The SMILES string of the molecule is O=C(NCc1ccccc1)Nc1ccccc1OC1CCCC1. The van der Waals surface area contributed by atoms with Gasteiger partial charge in [0.1, 0.15) is 5.75 Å². The molecule has 0 aliphatic heterocycles. The molecule has 0 radical (unpaired) electrons. The Balaban J connectivity index is 1.57. The van der Waals surface area contributed by atoms with Crippen LogP contribution in [0.15, 0.2) is 54.6 Å². The Morgan fingerprint density at radius 2 is 1.70 bits per heavy atom. The Hall–Kier alpha value is -2.49. The quantitative estimate of drug-likeness (QED) is 0.863. The molecule has 2 N–H and O–H groups in total. The molecule has 4 nitrogen and oxygen atoms in total. The smallest absolute Gasteiger partial charge is 0.319 e. The van der Waals surface area contributed by atoms with E-state index in [0.717, 1.165) is 24.2 Å². The molecule has 4 heteroatoms. The Labute approximate surface area is 136 Å². The number of hydrogen-bond acceptors (Lipinski definition) is 2. The summed E-state index contributed by atoms with van der Waals surface area (Å²) in [6, 6.07) is 17.2. The molecule has 2 amide bonds. The maximum absolute atomic E-state index is 12.1. The lowest BCUT2D eigenvalue weighted by Crippen LogP contribution is -2.28. The van der Waals surface area contributed by atoms with E-state index >= 15 is 0 Å². The highest BCUT2D eigenvalue weighted by molar-refractivity contribution is 5.90. The molecular weight excluding hydrogens is 288 g/mol. The van der Waals surface area contributed by atoms with E-state index in [9.17, 15) is 4.79 Å². The molecule has 2 aromatic carbocycles. The first kappa shape index (κ1) is 15.4. The number of benzene rings is 2. The van der Waals surface area contributed by atoms with Crippen molar-refractivity contribution in [3.05, 3.63) is 60.2 Å². The fourth-order valence-corrected chi connectivity index (χ4v) is 2.80. The molecule has 1 fully saturated rings. The average Bonchev–Trinajstić information content (AvgIpc) is 3.09. The molecule has 0 spiro atoms. The Kier molecular flexibility index (Phi) is 5.14. The van der Waals surface area contributed by atoms with Gasteiger partial charge in [-0.2, -0.15) is 0 Å². The van der Waals surface area contributed by atoms with Gasteiger partial charge in [-0.05, 0) is 43.4 Å². The molecule has 0 atom stereocenters. The summed E-state index contributed by atoms with van der Waals surface area (Å²) in [7, 11) is 0. The van der Waals surface area contributed by atoms with Gasteiger partial charge in [0.25, 0.3) is 0 Å². The molecule has 23 heavy (non-hydrogen) atoms. The minimum absolute atomic E-state index is 0.226. The highest BCUT2D eigenvalue weighted by Gasteiger charge is 2.18. The Bertz CT molecular complexity index is 637. The lowest BCUT2D eigenvalue weighted by atomic mass is 10.2. The first-order chi connectivity index (χ1) is 11.3. The molecule has 120 valence electrons. The zero-order chi connectivity index (χ0) is 15.9. The van der Waals surface area contributed by atoms with Crippen LogP contribution in [-0.2, 0) is 6.54 Å². The number of amides is 2. The van der Waals surface area contributed by atoms with Crippen LogP contribution in [0.2, 0.25) is 0 Å². The van der Waals surface area contributed by atoms with Gasteiger partial charge >= 0.3 is 6.03 Å². The molecule has 0 bridgehead atoms. The number of hydrogen-bond donors (Lipinski definition) is 2. The van der Waals surface area contributed by atoms with Crippen LogP contribution in [-0.4, -0.2) is 12.1 Å². The Morgan fingerprint density at radius 3 is 2.48 bits per heavy atom. The third-order valence-corrected chi connectivity index (χ3v) is 4.03. The first-order valence-electron chi connectivity index (χ1n) is 8.16. The molecule has 0 saturated heterocycles. The van der Waals surface area contributed by atoms with Crippen molar-refractivity contribution >= 4 is 11.7 Å². The van der Waals surface area contributed by atoms with Gasteiger partial charge in [0.15, 0.2) is 0 Å². The number of para-hydroxylation sites is 2. The van der Waals surface area contributed by atoms with Crippen molar-refractivity contribution in [2.24, 2.45) is 0 Å². The van der Waals surface area contributed by atoms with Crippen molar-refractivity contribution in [1.82, 2.24) is 5.32 Å². The van der Waals surface area contributed by atoms with Gasteiger partial charge in [-0.15, -0.1) is 0 Å². The molecule has 3 rings (SSSR count). The van der Waals surface area contributed by atoms with Crippen molar-refractivity contribution < 1.29 is 9.53 Å². The normalized spacial score (nSPS) is 14.4. The van der Waals surface area contributed by atoms with E-state index in [-0.39, 0.29) is 12.1 Å². The van der Waals surface area contributed by atoms with Crippen LogP contribution in [0.4, 0.5) is 10.5 Å². The van der Waals surface area contributed by atoms with Crippen molar-refractivity contribution in [3.63, 3.8) is 0 Å². The number of urea groups is 1. The zero-order valence-electron chi connectivity index (χ0n) is 13.1. The van der Waals surface area contributed by atoms with E-state index in [1.165, 1.54) is 12.8 Å². The fourth-order valence-electron chi connectivity index (χ4n) is 2.80. The van der Waals surface area contributed by atoms with E-state index in [1.807, 2.05) is 54.6 Å². The van der Waals surface area contributed by atoms with Crippen LogP contribution in [0.5, 0.6) is 5.75 Å². The highest BCUT2D eigenvalue weighted by Crippen LogP contribution is 2.29. The predicted octanol–water partition coefficient (Wildman–Crippen LogP) is 4.33. The number of ether oxygens (including phenoxy) is 1. The van der Waals surface area contributed by atoms with Gasteiger partial charge < -0.3 is 15.4 Å². The average molecular weight is 310 g/mol. The van der Waals surface area contributed by atoms with E-state index in [4.69, 9.17) is 4.74 Å². The molecule has 0 aromatic heterocycles. The largest absolute Gasteiger partial charge is 0.488 e. The predicted molar refractivity (Wildman–Crippen MR) is 91.6 cm³/mol. The number of rotatable bonds is 5. The number of carbonyl (C=O) groups is 1. The van der Waals surface area contributed by atoms with E-state index < -0.39 is 0 Å². The standard InChI is InChI=1S/C19H22N2O2/c22-19(20-14-15-8-2-1-3-9-15)21-17-12-6-7-13-18(17)23-16-10-4-5-11-16/h1-3,6-9,12-13,16H,4-5,10-11,14H2,(H2,20,21,22). The summed E-state index contributed by atoms with van der Waals surface area (Å²) < 4.78 is 6.03. The van der Waals surface area contributed by atoms with E-state index in [1.54, 1.807) is 0 Å². The third-order valence-electron chi connectivity index (χ3n) is 4.03. The van der Waals surface area contributed by atoms with Gasteiger partial charge in [0, 0.05) is 6.54 Å². The first-order valence-corrected chi connectivity index (χ1v) is 8.16. The summed E-state index contributed by atoms with van der Waals surface area (Å²) in [5.41, 5.74) is 1.78. The van der Waals surface area contributed by atoms with Gasteiger partial charge in [0.2, 0.25) is 0 Å². The summed E-state index contributed by atoms with van der Waals surface area (Å²) in [6.45, 7) is 0.498. The summed E-state index contributed by atoms with van der Waals surface area (Å²) in [5.74, 6) is 0.745. The van der Waals surface area contributed by atoms with E-state index in [2.05, 4.69) is 10.6 Å². The number of carbonyl (C=O) groups excluding carboxylic acids is 1. The van der Waals surface area contributed by atoms with Gasteiger partial charge in [-0.1, -0.05) is 42.5 Å². The highest BCUT2D eigenvalue weighted by atomic mass is 16.5. The molecule has 1 aliphatic rings. The number of nitrogens with one attached hydrogen (secondary N) is 2. The lowest BCUT2D eigenvalue weighted by molar-refractivity contribution is 0.211. The van der Waals surface area contributed by atoms with Crippen LogP contribution in [0.1, 0.15) is 31.2 Å². The van der Waals surface area contributed by atoms with Crippen LogP contribution in [0.25, 0.3) is 0 Å². The molecule has 1 aliphatic carbocycles. The summed E-state index contributed by atoms with van der Waals surface area (Å²) in [5, 5.41) is 5.74. The van der Waals surface area contributed by atoms with Crippen LogP contribution >= 0.6 is 0 Å². The molecule has 1 saturated carbocycles. The summed E-state index contributed by atoms with van der Waals surface area (Å²) in [6.07, 6.45) is 4.89. The van der Waals surface area contributed by atoms with Crippen LogP contribution in [0, 0.1) is 0 Å². The van der Waals surface area contributed by atoms with Gasteiger partial charge in [-0.25, -0.2) is 4.79 Å². The third kappa shape index (κ3) is 4.49. The maximum atomic E-state index is 12.1. The van der Waals surface area contributed by atoms with E-state index in [0.29, 0.717) is 12.2 Å². The minimum atomic E-state index is -0.226. The van der Waals surface area contributed by atoms with Crippen molar-refractivity contribution in [3.8, 4) is 5.75 Å². The second-order valence-electron chi connectivity index (χ2n) is 5.81. The van der Waals surface area contributed by atoms with Gasteiger partial charge in [-0.3, -0.25) is 0 Å². The zero-order valence-corrected chi connectivity index (χ0v) is 13.1. The number of anilines is 1. The molecule has 0 heterocycles. The maximum Gasteiger partial charge on any atom is 0.319 e. The molecule has 0 unspecified atom stereocenters. The minimum Gasteiger partial charge on any atom is -0.488 e. The second-order valence-corrected chi connectivity index (χ2v) is 5.81. The summed E-state index contributed by atoms with van der Waals surface area (Å²) in [4.78, 5) is 12.1. The van der Waals surface area contributed by atoms with Crippen LogP contribution in [0.3, 0.4) is 0 Å². The van der Waals surface area contributed by atoms with Crippen molar-refractivity contribution in [1.29, 1.82) is 0 Å². The van der Waals surface area contributed by atoms with Crippen LogP contribution < -0.4 is 15.4 Å². The second kappa shape index (κ2) is 7.68. The van der Waals surface area contributed by atoms with Crippen molar-refractivity contribution in [2.75, 3.05) is 5.32 Å². The van der Waals surface area contributed by atoms with Crippen molar-refractivity contribution in [2.45, 2.75) is 38.3 Å².